The lowest BCUT2D eigenvalue weighted by atomic mass is 9.84. The summed E-state index contributed by atoms with van der Waals surface area (Å²) in [6, 6.07) is 6.08. The molecule has 6 rings (SSSR count). The summed E-state index contributed by atoms with van der Waals surface area (Å²) < 4.78 is 10.8. The van der Waals surface area contributed by atoms with Crippen molar-refractivity contribution < 1.29 is 28.7 Å². The minimum atomic E-state index is -0.371. The molecule has 2 fully saturated rings. The van der Waals surface area contributed by atoms with E-state index in [1.54, 1.807) is 24.3 Å². The molecule has 8 nitrogen and oxygen atoms in total. The summed E-state index contributed by atoms with van der Waals surface area (Å²) in [5.41, 5.74) is 1.47. The van der Waals surface area contributed by atoms with Crippen LogP contribution in [0.25, 0.3) is 10.8 Å². The fraction of sp³-hybridized carbons (Fsp3) is 0.417. The smallest absolute Gasteiger partial charge is 0.261 e. The molecule has 2 saturated heterocycles. The molecule has 0 atom stereocenters. The molecule has 0 unspecified atom stereocenters. The molecule has 4 aliphatic rings. The molecule has 4 amide bonds. The number of imide groups is 2. The number of rotatable bonds is 2. The van der Waals surface area contributed by atoms with Crippen LogP contribution in [0.5, 0.6) is 0 Å². The van der Waals surface area contributed by atoms with Crippen LogP contribution in [0.2, 0.25) is 0 Å². The van der Waals surface area contributed by atoms with Gasteiger partial charge in [-0.2, -0.15) is 0 Å². The van der Waals surface area contributed by atoms with Crippen LogP contribution in [0, 0.1) is 0 Å². The van der Waals surface area contributed by atoms with Crippen LogP contribution in [0.15, 0.2) is 24.3 Å². The van der Waals surface area contributed by atoms with Crippen molar-refractivity contribution in [1.82, 2.24) is 9.80 Å². The Balaban J connectivity index is 1.49. The number of hydrogen-bond donors (Lipinski definition) is 0. The van der Waals surface area contributed by atoms with Crippen LogP contribution in [-0.4, -0.2) is 71.9 Å². The van der Waals surface area contributed by atoms with E-state index in [1.807, 2.05) is 0 Å². The van der Waals surface area contributed by atoms with Gasteiger partial charge < -0.3 is 9.47 Å². The molecular weight excluding hydrogens is 412 g/mol. The predicted octanol–water partition coefficient (Wildman–Crippen LogP) is 2.39. The first-order valence-electron chi connectivity index (χ1n) is 11.1. The van der Waals surface area contributed by atoms with Gasteiger partial charge in [-0.05, 0) is 49.9 Å². The van der Waals surface area contributed by atoms with E-state index in [9.17, 15) is 19.2 Å². The maximum absolute atomic E-state index is 13.4. The predicted molar refractivity (Wildman–Crippen MR) is 113 cm³/mol. The summed E-state index contributed by atoms with van der Waals surface area (Å²) >= 11 is 0. The second-order valence-corrected chi connectivity index (χ2v) is 8.72. The molecular formula is C24H22N2O6. The quantitative estimate of drug-likeness (QED) is 0.674. The van der Waals surface area contributed by atoms with E-state index in [1.165, 1.54) is 9.80 Å². The zero-order chi connectivity index (χ0) is 22.0. The van der Waals surface area contributed by atoms with Gasteiger partial charge in [-0.3, -0.25) is 29.0 Å². The SMILES string of the molecule is O=C1c2ccc3c4c(ccc(c24)C(=O)N1C1CCOCC1)C(=O)N(C1CCOCC1)C3=O. The third kappa shape index (κ3) is 2.63. The van der Waals surface area contributed by atoms with E-state index in [2.05, 4.69) is 0 Å². The van der Waals surface area contributed by atoms with E-state index in [0.29, 0.717) is 85.1 Å². The highest BCUT2D eigenvalue weighted by atomic mass is 16.5. The molecule has 0 bridgehead atoms. The Morgan fingerprint density at radius 3 is 1.09 bits per heavy atom. The lowest BCUT2D eigenvalue weighted by Gasteiger charge is -2.38. The lowest BCUT2D eigenvalue weighted by molar-refractivity contribution is 0.0244. The highest BCUT2D eigenvalue weighted by molar-refractivity contribution is 6.33. The number of carbonyl (C=O) groups excluding carboxylic acids is 4. The Kier molecular flexibility index (Phi) is 4.41. The Labute approximate surface area is 184 Å². The van der Waals surface area contributed by atoms with Crippen molar-refractivity contribution in [1.29, 1.82) is 0 Å². The summed E-state index contributed by atoms with van der Waals surface area (Å²) in [5, 5.41) is 0.846. The van der Waals surface area contributed by atoms with E-state index in [4.69, 9.17) is 9.47 Å². The fourth-order valence-electron chi connectivity index (χ4n) is 5.46. The zero-order valence-corrected chi connectivity index (χ0v) is 17.5. The van der Waals surface area contributed by atoms with Gasteiger partial charge in [0.2, 0.25) is 0 Å². The Morgan fingerprint density at radius 1 is 0.531 bits per heavy atom. The van der Waals surface area contributed by atoms with Gasteiger partial charge in [-0.25, -0.2) is 0 Å². The second kappa shape index (κ2) is 7.21. The third-order valence-corrected chi connectivity index (χ3v) is 7.07. The van der Waals surface area contributed by atoms with Gasteiger partial charge in [0.15, 0.2) is 0 Å². The first-order valence-corrected chi connectivity index (χ1v) is 11.1. The maximum Gasteiger partial charge on any atom is 0.261 e. The molecule has 0 radical (unpaired) electrons. The van der Waals surface area contributed by atoms with Gasteiger partial charge in [-0.1, -0.05) is 0 Å². The van der Waals surface area contributed by atoms with Gasteiger partial charge in [0.25, 0.3) is 23.6 Å². The van der Waals surface area contributed by atoms with Crippen LogP contribution in [0.1, 0.15) is 67.1 Å². The lowest BCUT2D eigenvalue weighted by Crippen LogP contribution is -2.51. The van der Waals surface area contributed by atoms with Crippen LogP contribution in [-0.2, 0) is 9.47 Å². The van der Waals surface area contributed by atoms with E-state index in [-0.39, 0.29) is 35.7 Å². The number of amides is 4. The van der Waals surface area contributed by atoms with Gasteiger partial charge in [0, 0.05) is 71.5 Å². The minimum Gasteiger partial charge on any atom is -0.381 e. The standard InChI is InChI=1S/C24H22N2O6/c27-21-15-1-2-16-20-18(24(30)26(22(16)28)14-7-11-32-12-8-14)4-3-17(19(15)20)23(29)25(21)13-5-9-31-10-6-13/h1-4,13-14H,5-12H2. The average Bonchev–Trinajstić information content (AvgIpc) is 2.83. The molecule has 0 aromatic heterocycles. The molecule has 0 spiro atoms. The van der Waals surface area contributed by atoms with Crippen LogP contribution in [0.3, 0.4) is 0 Å². The molecule has 2 aromatic carbocycles. The Hall–Kier alpha value is -3.10. The maximum atomic E-state index is 13.4. The van der Waals surface area contributed by atoms with Crippen molar-refractivity contribution in [3.05, 3.63) is 46.5 Å². The first kappa shape index (κ1) is 19.6. The molecule has 4 heterocycles. The zero-order valence-electron chi connectivity index (χ0n) is 17.5. The highest BCUT2D eigenvalue weighted by Crippen LogP contribution is 2.39. The summed E-state index contributed by atoms with van der Waals surface area (Å²) in [5.74, 6) is -1.48. The van der Waals surface area contributed by atoms with Gasteiger partial charge in [0.1, 0.15) is 0 Å². The largest absolute Gasteiger partial charge is 0.381 e. The number of hydrogen-bond acceptors (Lipinski definition) is 6. The van der Waals surface area contributed by atoms with Crippen LogP contribution in [0.4, 0.5) is 0 Å². The first-order chi connectivity index (χ1) is 15.6. The fourth-order valence-corrected chi connectivity index (χ4v) is 5.46. The van der Waals surface area contributed by atoms with Crippen molar-refractivity contribution in [2.75, 3.05) is 26.4 Å². The van der Waals surface area contributed by atoms with E-state index < -0.39 is 0 Å². The average molecular weight is 434 g/mol. The minimum absolute atomic E-state index is 0.216. The van der Waals surface area contributed by atoms with Crippen molar-refractivity contribution in [2.45, 2.75) is 37.8 Å². The summed E-state index contributed by atoms with van der Waals surface area (Å²) in [7, 11) is 0. The second-order valence-electron chi connectivity index (χ2n) is 8.72. The topological polar surface area (TPSA) is 93.2 Å². The monoisotopic (exact) mass is 434 g/mol. The molecule has 0 N–H and O–H groups in total. The van der Waals surface area contributed by atoms with Gasteiger partial charge in [-0.15, -0.1) is 0 Å². The van der Waals surface area contributed by atoms with E-state index >= 15 is 0 Å². The molecule has 164 valence electrons. The van der Waals surface area contributed by atoms with E-state index in [0.717, 1.165) is 0 Å². The van der Waals surface area contributed by atoms with Crippen molar-refractivity contribution >= 4 is 34.4 Å². The number of carbonyl (C=O) groups is 4. The van der Waals surface area contributed by atoms with Gasteiger partial charge in [0.05, 0.1) is 0 Å². The summed E-state index contributed by atoms with van der Waals surface area (Å²) in [6.45, 7) is 2.03. The number of benzene rings is 2. The molecule has 0 saturated carbocycles. The van der Waals surface area contributed by atoms with Gasteiger partial charge >= 0.3 is 0 Å². The Morgan fingerprint density at radius 2 is 0.812 bits per heavy atom. The number of ether oxygens (including phenoxy) is 2. The molecule has 2 aromatic rings. The molecule has 32 heavy (non-hydrogen) atoms. The Bertz CT molecular complexity index is 1030. The highest BCUT2D eigenvalue weighted by Gasteiger charge is 2.43. The van der Waals surface area contributed by atoms with Crippen molar-refractivity contribution in [3.8, 4) is 0 Å². The molecule has 4 aliphatic heterocycles. The third-order valence-electron chi connectivity index (χ3n) is 7.07. The normalized spacial score (nSPS) is 22.2. The van der Waals surface area contributed by atoms with Crippen LogP contribution < -0.4 is 0 Å². The van der Waals surface area contributed by atoms with Crippen molar-refractivity contribution in [2.24, 2.45) is 0 Å². The van der Waals surface area contributed by atoms with Crippen molar-refractivity contribution in [3.63, 3.8) is 0 Å². The van der Waals surface area contributed by atoms with Crippen LogP contribution >= 0.6 is 0 Å². The molecule has 8 heteroatoms. The number of nitrogens with zero attached hydrogens (tertiary/aromatic N) is 2. The summed E-state index contributed by atoms with van der Waals surface area (Å²) in [6.07, 6.45) is 2.40. The summed E-state index contributed by atoms with van der Waals surface area (Å²) in [4.78, 5) is 56.2. The molecule has 0 aliphatic carbocycles.